The highest BCUT2D eigenvalue weighted by atomic mass is 16.6. The van der Waals surface area contributed by atoms with Gasteiger partial charge in [-0.1, -0.05) is 20.8 Å². The molecule has 2 unspecified atom stereocenters. The number of esters is 3. The Morgan fingerprint density at radius 1 is 1.39 bits per heavy atom. The Bertz CT molecular complexity index is 442. The van der Waals surface area contributed by atoms with Crippen molar-refractivity contribution in [2.45, 2.75) is 52.7 Å². The highest BCUT2D eigenvalue weighted by Gasteiger charge is 2.36. The summed E-state index contributed by atoms with van der Waals surface area (Å²) in [5, 5.41) is 0. The zero-order valence-corrected chi connectivity index (χ0v) is 14.6. The van der Waals surface area contributed by atoms with E-state index in [0.717, 1.165) is 0 Å². The number of likely N-dealkylation sites (N-methyl/N-ethyl adjacent to an activating group) is 1. The lowest BCUT2D eigenvalue weighted by Crippen LogP contribution is -2.46. The van der Waals surface area contributed by atoms with Gasteiger partial charge in [0.2, 0.25) is 6.10 Å². The molecule has 0 amide bonds. The van der Waals surface area contributed by atoms with E-state index in [1.54, 1.807) is 18.9 Å². The van der Waals surface area contributed by atoms with Gasteiger partial charge < -0.3 is 14.2 Å². The molecule has 7 nitrogen and oxygen atoms in total. The van der Waals surface area contributed by atoms with Crippen LogP contribution >= 0.6 is 0 Å². The lowest BCUT2D eigenvalue weighted by Gasteiger charge is -2.31. The molecule has 0 bridgehead atoms. The lowest BCUT2D eigenvalue weighted by atomic mass is 9.87. The molecule has 0 aromatic rings. The first-order valence-electron chi connectivity index (χ1n) is 7.87. The van der Waals surface area contributed by atoms with Crippen molar-refractivity contribution < 1.29 is 28.6 Å². The molecule has 23 heavy (non-hydrogen) atoms. The van der Waals surface area contributed by atoms with Crippen LogP contribution in [0, 0.1) is 5.41 Å². The molecule has 2 atom stereocenters. The molecule has 0 aromatic carbocycles. The van der Waals surface area contributed by atoms with E-state index in [4.69, 9.17) is 14.2 Å². The van der Waals surface area contributed by atoms with Crippen molar-refractivity contribution in [1.29, 1.82) is 0 Å². The summed E-state index contributed by atoms with van der Waals surface area (Å²) >= 11 is 0. The number of hydrogen-bond donors (Lipinski definition) is 0. The minimum atomic E-state index is -0.846. The van der Waals surface area contributed by atoms with Gasteiger partial charge in [0.15, 0.2) is 0 Å². The van der Waals surface area contributed by atoms with E-state index >= 15 is 0 Å². The molecular weight excluding hydrogens is 302 g/mol. The summed E-state index contributed by atoms with van der Waals surface area (Å²) in [6.07, 6.45) is 0.0127. The summed E-state index contributed by atoms with van der Waals surface area (Å²) in [4.78, 5) is 37.2. The number of ether oxygens (including phenoxy) is 3. The van der Waals surface area contributed by atoms with Gasteiger partial charge in [-0.15, -0.1) is 0 Å². The molecule has 7 heteroatoms. The topological polar surface area (TPSA) is 82.1 Å². The maximum absolute atomic E-state index is 12.5. The van der Waals surface area contributed by atoms with Crippen LogP contribution < -0.4 is 0 Å². The Kier molecular flexibility index (Phi) is 7.00. The molecule has 0 radical (unpaired) electrons. The predicted molar refractivity (Wildman–Crippen MR) is 82.6 cm³/mol. The number of carbonyl (C=O) groups is 3. The van der Waals surface area contributed by atoms with Crippen LogP contribution in [0.1, 0.15) is 40.5 Å². The van der Waals surface area contributed by atoms with Crippen molar-refractivity contribution in [2.75, 3.05) is 26.8 Å². The number of hydrogen-bond acceptors (Lipinski definition) is 7. The van der Waals surface area contributed by atoms with Crippen LogP contribution in [0.25, 0.3) is 0 Å². The molecule has 1 fully saturated rings. The van der Waals surface area contributed by atoms with Gasteiger partial charge in [-0.2, -0.15) is 0 Å². The van der Waals surface area contributed by atoms with Gasteiger partial charge in [-0.25, -0.2) is 4.79 Å². The van der Waals surface area contributed by atoms with Crippen LogP contribution in [0.5, 0.6) is 0 Å². The van der Waals surface area contributed by atoms with Crippen LogP contribution in [0.15, 0.2) is 0 Å². The third-order valence-electron chi connectivity index (χ3n) is 3.44. The first-order chi connectivity index (χ1) is 10.6. The molecule has 132 valence electrons. The number of rotatable bonds is 7. The predicted octanol–water partition coefficient (Wildman–Crippen LogP) is 1.14. The summed E-state index contributed by atoms with van der Waals surface area (Å²) < 4.78 is 15.0. The van der Waals surface area contributed by atoms with E-state index in [0.29, 0.717) is 12.8 Å². The third kappa shape index (κ3) is 6.56. The Morgan fingerprint density at radius 3 is 2.52 bits per heavy atom. The molecule has 0 N–H and O–H groups in total. The monoisotopic (exact) mass is 329 g/mol. The van der Waals surface area contributed by atoms with Crippen molar-refractivity contribution in [2.24, 2.45) is 5.41 Å². The van der Waals surface area contributed by atoms with E-state index < -0.39 is 30.1 Å². The molecule has 1 saturated heterocycles. The van der Waals surface area contributed by atoms with E-state index in [9.17, 15) is 14.4 Å². The molecule has 1 heterocycles. The second-order valence-corrected chi connectivity index (χ2v) is 6.88. The Morgan fingerprint density at radius 2 is 2.04 bits per heavy atom. The average molecular weight is 329 g/mol. The van der Waals surface area contributed by atoms with Crippen molar-refractivity contribution >= 4 is 17.9 Å². The summed E-state index contributed by atoms with van der Waals surface area (Å²) in [6, 6.07) is -0.632. The van der Waals surface area contributed by atoms with Crippen molar-refractivity contribution in [3.63, 3.8) is 0 Å². The highest BCUT2D eigenvalue weighted by Crippen LogP contribution is 2.25. The fraction of sp³-hybridized carbons (Fsp3) is 0.812. The molecule has 1 aliphatic rings. The Labute approximate surface area is 137 Å². The van der Waals surface area contributed by atoms with Gasteiger partial charge in [0.1, 0.15) is 6.04 Å². The van der Waals surface area contributed by atoms with Crippen LogP contribution in [-0.4, -0.2) is 61.8 Å². The third-order valence-corrected chi connectivity index (χ3v) is 3.44. The van der Waals surface area contributed by atoms with Crippen LogP contribution in [-0.2, 0) is 28.6 Å². The van der Waals surface area contributed by atoms with Gasteiger partial charge >= 0.3 is 17.9 Å². The van der Waals surface area contributed by atoms with Gasteiger partial charge in [-0.05, 0) is 25.8 Å². The zero-order valence-electron chi connectivity index (χ0n) is 14.6. The quantitative estimate of drug-likeness (QED) is 0.512. The van der Waals surface area contributed by atoms with E-state index in [-0.39, 0.29) is 25.2 Å². The van der Waals surface area contributed by atoms with Gasteiger partial charge in [-0.3, -0.25) is 14.5 Å². The smallest absolute Gasteiger partial charge is 0.347 e. The summed E-state index contributed by atoms with van der Waals surface area (Å²) in [6.45, 7) is 8.25. The standard InChI is InChI=1S/C16H27NO6/c1-6-21-13(18)10-17(5)11(9-16(2,3)4)14(19)23-12-7-8-22-15(12)20/h11-12H,6-10H2,1-5H3. The van der Waals surface area contributed by atoms with Gasteiger partial charge in [0.05, 0.1) is 19.8 Å². The van der Waals surface area contributed by atoms with Crippen LogP contribution in [0.4, 0.5) is 0 Å². The van der Waals surface area contributed by atoms with E-state index in [1.165, 1.54) is 0 Å². The normalized spacial score (nSPS) is 19.4. The van der Waals surface area contributed by atoms with E-state index in [2.05, 4.69) is 0 Å². The molecule has 1 rings (SSSR count). The highest BCUT2D eigenvalue weighted by molar-refractivity contribution is 5.83. The molecule has 1 aliphatic heterocycles. The van der Waals surface area contributed by atoms with Crippen LogP contribution in [0.2, 0.25) is 0 Å². The SMILES string of the molecule is CCOC(=O)CN(C)C(CC(C)(C)C)C(=O)OC1CCOC1=O. The maximum atomic E-state index is 12.5. The molecule has 0 spiro atoms. The maximum Gasteiger partial charge on any atom is 0.347 e. The van der Waals surface area contributed by atoms with Crippen molar-refractivity contribution in [3.05, 3.63) is 0 Å². The van der Waals surface area contributed by atoms with Gasteiger partial charge in [0.25, 0.3) is 0 Å². The first-order valence-corrected chi connectivity index (χ1v) is 7.87. The average Bonchev–Trinajstić information content (AvgIpc) is 2.80. The second-order valence-electron chi connectivity index (χ2n) is 6.88. The Balaban J connectivity index is 2.75. The van der Waals surface area contributed by atoms with Crippen molar-refractivity contribution in [1.82, 2.24) is 4.90 Å². The molecule has 0 aliphatic carbocycles. The van der Waals surface area contributed by atoms with Crippen molar-refractivity contribution in [3.8, 4) is 0 Å². The number of nitrogens with zero attached hydrogens (tertiary/aromatic N) is 1. The fourth-order valence-corrected chi connectivity index (χ4v) is 2.32. The summed E-state index contributed by atoms with van der Waals surface area (Å²) in [5.74, 6) is -1.43. The van der Waals surface area contributed by atoms with Gasteiger partial charge in [0, 0.05) is 6.42 Å². The summed E-state index contributed by atoms with van der Waals surface area (Å²) in [5.41, 5.74) is -0.150. The minimum Gasteiger partial charge on any atom is -0.465 e. The fourth-order valence-electron chi connectivity index (χ4n) is 2.32. The van der Waals surface area contributed by atoms with Crippen LogP contribution in [0.3, 0.4) is 0 Å². The largest absolute Gasteiger partial charge is 0.465 e. The lowest BCUT2D eigenvalue weighted by molar-refractivity contribution is -0.165. The minimum absolute atomic E-state index is 0.0151. The Hall–Kier alpha value is -1.63. The number of carbonyl (C=O) groups excluding carboxylic acids is 3. The second kappa shape index (κ2) is 8.29. The number of cyclic esters (lactones) is 1. The van der Waals surface area contributed by atoms with E-state index in [1.807, 2.05) is 20.8 Å². The molecule has 0 saturated carbocycles. The first kappa shape index (κ1) is 19.4. The molecular formula is C16H27NO6. The summed E-state index contributed by atoms with van der Waals surface area (Å²) in [7, 11) is 1.67. The molecule has 0 aromatic heterocycles. The zero-order chi connectivity index (χ0) is 17.6.